The predicted molar refractivity (Wildman–Crippen MR) is 97.1 cm³/mol. The number of likely N-dealkylation sites (tertiary alicyclic amines) is 1. The minimum absolute atomic E-state index is 0.00890. The van der Waals surface area contributed by atoms with Crippen molar-refractivity contribution in [3.05, 3.63) is 0 Å². The average Bonchev–Trinajstić information content (AvgIpc) is 3.32. The van der Waals surface area contributed by atoms with Crippen LogP contribution in [-0.4, -0.2) is 93.6 Å². The average molecular weight is 381 g/mol. The summed E-state index contributed by atoms with van der Waals surface area (Å²) < 4.78 is 5.90. The Morgan fingerprint density at radius 1 is 1.33 bits per heavy atom. The molecule has 0 radical (unpaired) electrons. The maximum absolute atomic E-state index is 12.8. The van der Waals surface area contributed by atoms with Crippen molar-refractivity contribution < 1.29 is 24.5 Å². The number of piperazine rings is 1. The number of aliphatic hydroxyl groups excluding tert-OH is 1. The van der Waals surface area contributed by atoms with Gasteiger partial charge in [0.05, 0.1) is 25.3 Å². The molecule has 3 saturated heterocycles. The molecule has 1 aliphatic carbocycles. The van der Waals surface area contributed by atoms with Crippen molar-refractivity contribution in [1.82, 2.24) is 14.7 Å². The predicted octanol–water partition coefficient (Wildman–Crippen LogP) is 0.939. The van der Waals surface area contributed by atoms with Gasteiger partial charge in [-0.05, 0) is 64.5 Å². The van der Waals surface area contributed by atoms with E-state index in [4.69, 9.17) is 4.74 Å². The highest BCUT2D eigenvalue weighted by Gasteiger charge is 2.55. The molecule has 0 aromatic heterocycles. The Kier molecular flexibility index (Phi) is 4.63. The number of nitrogens with zero attached hydrogens (tertiary/aromatic N) is 3. The number of aliphatic hydroxyl groups is 1. The first-order valence-electron chi connectivity index (χ1n) is 10.1. The quantitative estimate of drug-likeness (QED) is 0.753. The number of carboxylic acid groups (broad SMARTS) is 1. The molecule has 2 amide bonds. The van der Waals surface area contributed by atoms with Gasteiger partial charge in [-0.3, -0.25) is 9.69 Å². The Bertz CT molecular complexity index is 624. The zero-order valence-corrected chi connectivity index (χ0v) is 16.3. The molecule has 4 atom stereocenters. The third-order valence-electron chi connectivity index (χ3n) is 7.20. The number of rotatable bonds is 4. The summed E-state index contributed by atoms with van der Waals surface area (Å²) in [5, 5.41) is 19.7. The lowest BCUT2D eigenvalue weighted by Crippen LogP contribution is -2.67. The van der Waals surface area contributed by atoms with Crippen LogP contribution in [0.3, 0.4) is 0 Å². The molecule has 3 heterocycles. The van der Waals surface area contributed by atoms with Crippen LogP contribution >= 0.6 is 0 Å². The first-order chi connectivity index (χ1) is 12.8. The van der Waals surface area contributed by atoms with E-state index in [1.54, 1.807) is 11.8 Å². The van der Waals surface area contributed by atoms with Gasteiger partial charge in [-0.2, -0.15) is 0 Å². The Balaban J connectivity index is 1.31. The van der Waals surface area contributed by atoms with Gasteiger partial charge in [0.25, 0.3) is 0 Å². The van der Waals surface area contributed by atoms with Crippen LogP contribution in [0.4, 0.5) is 4.79 Å². The number of β-amino-alcohol motifs (C(OH)–C–C–N with tert-alkyl or cyclic N) is 1. The SMILES string of the molecule is C[C@H]1C(=O)N2[C@@H](CCCN3CCC4(CC4)C(O)C3)CO[C@@]2(C)CN1C(=O)O. The molecule has 8 heteroatoms. The van der Waals surface area contributed by atoms with Crippen molar-refractivity contribution in [2.24, 2.45) is 5.41 Å². The summed E-state index contributed by atoms with van der Waals surface area (Å²) in [6.45, 7) is 6.81. The number of fused-ring (bicyclic) bond motifs is 1. The number of piperidine rings is 1. The molecule has 27 heavy (non-hydrogen) atoms. The molecule has 1 saturated carbocycles. The zero-order valence-electron chi connectivity index (χ0n) is 16.3. The van der Waals surface area contributed by atoms with Crippen molar-refractivity contribution in [1.29, 1.82) is 0 Å². The molecule has 3 aliphatic heterocycles. The Morgan fingerprint density at radius 2 is 2.07 bits per heavy atom. The summed E-state index contributed by atoms with van der Waals surface area (Å²) in [6, 6.07) is -0.683. The van der Waals surface area contributed by atoms with E-state index in [1.165, 1.54) is 17.7 Å². The van der Waals surface area contributed by atoms with Gasteiger partial charge in [0.15, 0.2) is 5.72 Å². The van der Waals surface area contributed by atoms with E-state index in [0.717, 1.165) is 38.9 Å². The molecule has 4 aliphatic rings. The second kappa shape index (κ2) is 6.60. The van der Waals surface area contributed by atoms with Crippen LogP contribution in [0.25, 0.3) is 0 Å². The number of amides is 2. The lowest BCUT2D eigenvalue weighted by Gasteiger charge is -2.47. The second-order valence-corrected chi connectivity index (χ2v) is 9.01. The molecule has 0 bridgehead atoms. The van der Waals surface area contributed by atoms with Crippen LogP contribution in [0.2, 0.25) is 0 Å². The molecular formula is C19H31N3O5. The van der Waals surface area contributed by atoms with E-state index in [-0.39, 0.29) is 30.0 Å². The fourth-order valence-corrected chi connectivity index (χ4v) is 5.15. The van der Waals surface area contributed by atoms with Crippen LogP contribution in [0, 0.1) is 5.41 Å². The van der Waals surface area contributed by atoms with Gasteiger partial charge in [0.1, 0.15) is 6.04 Å². The van der Waals surface area contributed by atoms with Gasteiger partial charge in [0.2, 0.25) is 5.91 Å². The number of ether oxygens (including phenoxy) is 1. The summed E-state index contributed by atoms with van der Waals surface area (Å²) in [4.78, 5) is 29.5. The number of hydrogen-bond acceptors (Lipinski definition) is 5. The third-order valence-corrected chi connectivity index (χ3v) is 7.20. The first kappa shape index (κ1) is 19.0. The van der Waals surface area contributed by atoms with Gasteiger partial charge >= 0.3 is 6.09 Å². The van der Waals surface area contributed by atoms with Gasteiger partial charge in [-0.15, -0.1) is 0 Å². The highest BCUT2D eigenvalue weighted by atomic mass is 16.5. The Labute approximate surface area is 160 Å². The Hall–Kier alpha value is -1.38. The van der Waals surface area contributed by atoms with Crippen molar-refractivity contribution in [2.75, 3.05) is 32.8 Å². The van der Waals surface area contributed by atoms with Crippen LogP contribution in [0.5, 0.6) is 0 Å². The second-order valence-electron chi connectivity index (χ2n) is 9.01. The summed E-state index contributed by atoms with van der Waals surface area (Å²) >= 11 is 0. The maximum atomic E-state index is 12.8. The molecule has 1 spiro atoms. The number of carbonyl (C=O) groups is 2. The van der Waals surface area contributed by atoms with E-state index < -0.39 is 17.9 Å². The summed E-state index contributed by atoms with van der Waals surface area (Å²) in [6.07, 6.45) is 3.91. The van der Waals surface area contributed by atoms with Crippen LogP contribution in [-0.2, 0) is 9.53 Å². The van der Waals surface area contributed by atoms with Gasteiger partial charge in [-0.25, -0.2) is 4.79 Å². The normalized spacial score (nSPS) is 38.3. The van der Waals surface area contributed by atoms with Gasteiger partial charge < -0.3 is 24.7 Å². The molecule has 2 N–H and O–H groups in total. The third kappa shape index (κ3) is 3.21. The smallest absolute Gasteiger partial charge is 0.408 e. The fraction of sp³-hybridized carbons (Fsp3) is 0.895. The first-order valence-corrected chi connectivity index (χ1v) is 10.1. The number of carbonyl (C=O) groups excluding carboxylic acids is 1. The Morgan fingerprint density at radius 3 is 2.70 bits per heavy atom. The monoisotopic (exact) mass is 381 g/mol. The van der Waals surface area contributed by atoms with Crippen LogP contribution in [0.15, 0.2) is 0 Å². The lowest BCUT2D eigenvalue weighted by atomic mass is 9.90. The van der Waals surface area contributed by atoms with Gasteiger partial charge in [-0.1, -0.05) is 0 Å². The molecule has 1 unspecified atom stereocenters. The molecule has 0 aromatic rings. The van der Waals surface area contributed by atoms with Gasteiger partial charge in [0, 0.05) is 6.54 Å². The van der Waals surface area contributed by atoms with Crippen LogP contribution in [0.1, 0.15) is 46.0 Å². The van der Waals surface area contributed by atoms with E-state index in [1.807, 2.05) is 6.92 Å². The van der Waals surface area contributed by atoms with Crippen molar-refractivity contribution in [3.63, 3.8) is 0 Å². The van der Waals surface area contributed by atoms with E-state index >= 15 is 0 Å². The summed E-state index contributed by atoms with van der Waals surface area (Å²) in [5.41, 5.74) is -0.643. The molecule has 0 aromatic carbocycles. The fourth-order valence-electron chi connectivity index (χ4n) is 5.15. The molecule has 4 rings (SSSR count). The topological polar surface area (TPSA) is 93.6 Å². The molecular weight excluding hydrogens is 350 g/mol. The number of hydrogen-bond donors (Lipinski definition) is 2. The summed E-state index contributed by atoms with van der Waals surface area (Å²) in [5.74, 6) is -0.169. The standard InChI is InChI=1S/C19H31N3O5/c1-13-16(24)22-14(11-27-18(22,2)12-21(13)17(25)26)4-3-8-20-9-7-19(5-6-19)15(23)10-20/h13-15,23H,3-12H2,1-2H3,(H,25,26)/t13-,14-,15?,18-/m0/s1. The molecule has 8 nitrogen and oxygen atoms in total. The highest BCUT2D eigenvalue weighted by Crippen LogP contribution is 2.53. The van der Waals surface area contributed by atoms with Crippen molar-refractivity contribution in [2.45, 2.75) is 69.9 Å². The summed E-state index contributed by atoms with van der Waals surface area (Å²) in [7, 11) is 0. The lowest BCUT2D eigenvalue weighted by molar-refractivity contribution is -0.169. The van der Waals surface area contributed by atoms with Crippen LogP contribution < -0.4 is 0 Å². The van der Waals surface area contributed by atoms with Crippen molar-refractivity contribution in [3.8, 4) is 0 Å². The van der Waals surface area contributed by atoms with E-state index in [0.29, 0.717) is 6.61 Å². The highest BCUT2D eigenvalue weighted by molar-refractivity contribution is 5.87. The van der Waals surface area contributed by atoms with Crippen molar-refractivity contribution >= 4 is 12.0 Å². The molecule has 152 valence electrons. The van der Waals surface area contributed by atoms with E-state index in [2.05, 4.69) is 4.90 Å². The largest absolute Gasteiger partial charge is 0.465 e. The molecule has 4 fully saturated rings. The maximum Gasteiger partial charge on any atom is 0.408 e. The minimum atomic E-state index is -1.08. The minimum Gasteiger partial charge on any atom is -0.465 e. The van der Waals surface area contributed by atoms with E-state index in [9.17, 15) is 19.8 Å². The zero-order chi connectivity index (χ0) is 19.4.